The molecule has 3 heterocycles. The number of carbonyl (C=O) groups excluding carboxylic acids is 1. The first-order valence-corrected chi connectivity index (χ1v) is 9.90. The van der Waals surface area contributed by atoms with Gasteiger partial charge in [-0.15, -0.1) is 0 Å². The minimum Gasteiger partial charge on any atom is -0.463 e. The van der Waals surface area contributed by atoms with Crippen LogP contribution >= 0.6 is 0 Å². The van der Waals surface area contributed by atoms with Gasteiger partial charge in [0, 0.05) is 18.7 Å². The lowest BCUT2D eigenvalue weighted by Gasteiger charge is -2.23. The Morgan fingerprint density at radius 3 is 2.92 bits per heavy atom. The SMILES string of the molecule is CCCCOc1nc(N)c2c(n1)N(CCCCC1CCCCO1)C(=O)C2. The quantitative estimate of drug-likeness (QED) is 0.679. The molecule has 1 fully saturated rings. The average Bonchev–Trinajstić information content (AvgIpc) is 2.96. The normalized spacial score (nSPS) is 19.7. The van der Waals surface area contributed by atoms with Crippen LogP contribution in [0.1, 0.15) is 63.9 Å². The minimum absolute atomic E-state index is 0.0422. The summed E-state index contributed by atoms with van der Waals surface area (Å²) in [4.78, 5) is 22.8. The number of nitrogens with two attached hydrogens (primary N) is 1. The van der Waals surface area contributed by atoms with Crippen molar-refractivity contribution in [3.8, 4) is 6.01 Å². The Kier molecular flexibility index (Phi) is 6.66. The number of anilines is 2. The molecule has 1 atom stereocenters. The summed E-state index contributed by atoms with van der Waals surface area (Å²) >= 11 is 0. The Morgan fingerprint density at radius 2 is 2.15 bits per heavy atom. The summed E-state index contributed by atoms with van der Waals surface area (Å²) in [5.41, 5.74) is 6.76. The monoisotopic (exact) mass is 362 g/mol. The lowest BCUT2D eigenvalue weighted by molar-refractivity contribution is -0.117. The molecule has 7 nitrogen and oxygen atoms in total. The fraction of sp³-hybridized carbons (Fsp3) is 0.737. The molecule has 1 saturated heterocycles. The fourth-order valence-corrected chi connectivity index (χ4v) is 3.51. The van der Waals surface area contributed by atoms with Crippen LogP contribution in [-0.2, 0) is 16.0 Å². The highest BCUT2D eigenvalue weighted by Crippen LogP contribution is 2.32. The zero-order chi connectivity index (χ0) is 18.4. The number of hydrogen-bond donors (Lipinski definition) is 1. The van der Waals surface area contributed by atoms with Crippen molar-refractivity contribution in [2.45, 2.75) is 70.8 Å². The summed E-state index contributed by atoms with van der Waals surface area (Å²) in [6.45, 7) is 4.20. The van der Waals surface area contributed by atoms with Crippen molar-refractivity contribution in [1.29, 1.82) is 0 Å². The van der Waals surface area contributed by atoms with Crippen LogP contribution in [0.4, 0.5) is 11.6 Å². The van der Waals surface area contributed by atoms with Gasteiger partial charge in [0.2, 0.25) is 5.91 Å². The third-order valence-corrected chi connectivity index (χ3v) is 5.04. The highest BCUT2D eigenvalue weighted by Gasteiger charge is 2.31. The number of unbranched alkanes of at least 4 members (excludes halogenated alkanes) is 2. The molecule has 144 valence electrons. The fourth-order valence-electron chi connectivity index (χ4n) is 3.51. The van der Waals surface area contributed by atoms with Gasteiger partial charge < -0.3 is 15.2 Å². The van der Waals surface area contributed by atoms with Crippen molar-refractivity contribution < 1.29 is 14.3 Å². The molecule has 2 N–H and O–H groups in total. The van der Waals surface area contributed by atoms with Gasteiger partial charge in [-0.3, -0.25) is 9.69 Å². The van der Waals surface area contributed by atoms with E-state index >= 15 is 0 Å². The van der Waals surface area contributed by atoms with Crippen LogP contribution in [0.15, 0.2) is 0 Å². The van der Waals surface area contributed by atoms with Crippen molar-refractivity contribution in [1.82, 2.24) is 9.97 Å². The second-order valence-corrected chi connectivity index (χ2v) is 7.10. The summed E-state index contributed by atoms with van der Waals surface area (Å²) in [5, 5.41) is 0. The van der Waals surface area contributed by atoms with Gasteiger partial charge in [-0.05, 0) is 44.9 Å². The van der Waals surface area contributed by atoms with Crippen molar-refractivity contribution in [2.75, 3.05) is 30.4 Å². The molecular formula is C19H30N4O3. The van der Waals surface area contributed by atoms with Crippen LogP contribution in [0.2, 0.25) is 0 Å². The van der Waals surface area contributed by atoms with Crippen LogP contribution < -0.4 is 15.4 Å². The van der Waals surface area contributed by atoms with E-state index in [9.17, 15) is 4.79 Å². The van der Waals surface area contributed by atoms with Gasteiger partial charge in [0.25, 0.3) is 0 Å². The number of ether oxygens (including phenoxy) is 2. The summed E-state index contributed by atoms with van der Waals surface area (Å²) < 4.78 is 11.4. The number of nitrogen functional groups attached to an aromatic ring is 1. The Bertz CT molecular complexity index is 617. The number of amides is 1. The highest BCUT2D eigenvalue weighted by molar-refractivity contribution is 6.01. The molecule has 3 rings (SSSR count). The Labute approximate surface area is 155 Å². The van der Waals surface area contributed by atoms with Crippen LogP contribution in [0, 0.1) is 0 Å². The molecule has 0 spiro atoms. The molecule has 0 aromatic carbocycles. The lowest BCUT2D eigenvalue weighted by Crippen LogP contribution is -2.28. The molecule has 1 amide bonds. The molecule has 1 unspecified atom stereocenters. The summed E-state index contributed by atoms with van der Waals surface area (Å²) in [5.74, 6) is 1.02. The van der Waals surface area contributed by atoms with Gasteiger partial charge in [-0.1, -0.05) is 13.3 Å². The van der Waals surface area contributed by atoms with E-state index in [0.29, 0.717) is 30.9 Å². The number of rotatable bonds is 9. The molecule has 2 aliphatic heterocycles. The second kappa shape index (κ2) is 9.16. The number of fused-ring (bicyclic) bond motifs is 1. The molecule has 2 aliphatic rings. The maximum absolute atomic E-state index is 12.4. The lowest BCUT2D eigenvalue weighted by atomic mass is 10.0. The number of nitrogens with zero attached hydrogens (tertiary/aromatic N) is 3. The van der Waals surface area contributed by atoms with Crippen molar-refractivity contribution in [3.63, 3.8) is 0 Å². The van der Waals surface area contributed by atoms with Crippen LogP contribution in [0.25, 0.3) is 0 Å². The molecule has 7 heteroatoms. The first-order valence-electron chi connectivity index (χ1n) is 9.90. The standard InChI is InChI=1S/C19H30N4O3/c1-2-3-11-26-19-21-17(20)15-13-16(24)23(18(15)22-19)10-6-4-8-14-9-5-7-12-25-14/h14H,2-13H2,1H3,(H2,20,21,22). The molecular weight excluding hydrogens is 332 g/mol. The van der Waals surface area contributed by atoms with Gasteiger partial charge >= 0.3 is 6.01 Å². The maximum atomic E-state index is 12.4. The van der Waals surface area contributed by atoms with Crippen LogP contribution in [-0.4, -0.2) is 41.7 Å². The Balaban J connectivity index is 1.56. The smallest absolute Gasteiger partial charge is 0.320 e. The van der Waals surface area contributed by atoms with E-state index in [4.69, 9.17) is 15.2 Å². The molecule has 1 aromatic rings. The highest BCUT2D eigenvalue weighted by atomic mass is 16.5. The van der Waals surface area contributed by atoms with Gasteiger partial charge in [-0.2, -0.15) is 9.97 Å². The summed E-state index contributed by atoms with van der Waals surface area (Å²) in [7, 11) is 0. The third kappa shape index (κ3) is 4.63. The summed E-state index contributed by atoms with van der Waals surface area (Å²) in [6, 6.07) is 0.269. The number of aromatic nitrogens is 2. The Hall–Kier alpha value is -1.89. The first kappa shape index (κ1) is 18.9. The van der Waals surface area contributed by atoms with Crippen LogP contribution in [0.5, 0.6) is 6.01 Å². The zero-order valence-corrected chi connectivity index (χ0v) is 15.7. The topological polar surface area (TPSA) is 90.6 Å². The molecule has 0 bridgehead atoms. The van der Waals surface area contributed by atoms with Gasteiger partial charge in [0.05, 0.1) is 19.1 Å². The predicted octanol–water partition coefficient (Wildman–Crippen LogP) is 2.87. The van der Waals surface area contributed by atoms with Crippen LogP contribution in [0.3, 0.4) is 0 Å². The maximum Gasteiger partial charge on any atom is 0.320 e. The largest absolute Gasteiger partial charge is 0.463 e. The minimum atomic E-state index is 0.0422. The molecule has 26 heavy (non-hydrogen) atoms. The van der Waals surface area contributed by atoms with E-state index in [1.807, 2.05) is 0 Å². The summed E-state index contributed by atoms with van der Waals surface area (Å²) in [6.07, 6.45) is 9.29. The van der Waals surface area contributed by atoms with E-state index in [1.54, 1.807) is 4.90 Å². The van der Waals surface area contributed by atoms with Crippen molar-refractivity contribution in [3.05, 3.63) is 5.56 Å². The van der Waals surface area contributed by atoms with Gasteiger partial charge in [-0.25, -0.2) is 0 Å². The third-order valence-electron chi connectivity index (χ3n) is 5.04. The van der Waals surface area contributed by atoms with E-state index in [0.717, 1.165) is 50.7 Å². The first-order chi connectivity index (χ1) is 12.7. The van der Waals surface area contributed by atoms with Gasteiger partial charge in [0.15, 0.2) is 0 Å². The predicted molar refractivity (Wildman–Crippen MR) is 100 cm³/mol. The number of carbonyl (C=O) groups is 1. The molecule has 0 aliphatic carbocycles. The van der Waals surface area contributed by atoms with E-state index in [2.05, 4.69) is 16.9 Å². The average molecular weight is 362 g/mol. The van der Waals surface area contributed by atoms with Crippen molar-refractivity contribution in [2.24, 2.45) is 0 Å². The molecule has 0 radical (unpaired) electrons. The van der Waals surface area contributed by atoms with E-state index < -0.39 is 0 Å². The van der Waals surface area contributed by atoms with E-state index in [1.165, 1.54) is 12.8 Å². The number of hydrogen-bond acceptors (Lipinski definition) is 6. The van der Waals surface area contributed by atoms with Gasteiger partial charge in [0.1, 0.15) is 11.6 Å². The molecule has 1 aromatic heterocycles. The Morgan fingerprint density at radius 1 is 1.27 bits per heavy atom. The van der Waals surface area contributed by atoms with Crippen molar-refractivity contribution >= 4 is 17.5 Å². The molecule has 0 saturated carbocycles. The zero-order valence-electron chi connectivity index (χ0n) is 15.7. The van der Waals surface area contributed by atoms with E-state index in [-0.39, 0.29) is 18.3 Å². The second-order valence-electron chi connectivity index (χ2n) is 7.10.